The van der Waals surface area contributed by atoms with Gasteiger partial charge in [0.15, 0.2) is 5.60 Å². The molecular formula is C18H25F3N2O2. The Balaban J connectivity index is 2.49. The van der Waals surface area contributed by atoms with Gasteiger partial charge in [-0.25, -0.2) is 4.99 Å². The minimum absolute atomic E-state index is 0.00308. The van der Waals surface area contributed by atoms with Crippen molar-refractivity contribution in [3.63, 3.8) is 0 Å². The summed E-state index contributed by atoms with van der Waals surface area (Å²) in [6.45, 7) is 5.68. The predicted molar refractivity (Wildman–Crippen MR) is 91.5 cm³/mol. The van der Waals surface area contributed by atoms with Crippen molar-refractivity contribution in [1.82, 2.24) is 4.90 Å². The molecule has 1 aliphatic rings. The molecule has 0 spiro atoms. The maximum Gasteiger partial charge on any atom is 0.421 e. The molecule has 0 radical (unpaired) electrons. The number of hydrogen-bond donors (Lipinski definition) is 1. The fourth-order valence-electron chi connectivity index (χ4n) is 2.67. The number of benzene rings is 1. The van der Waals surface area contributed by atoms with Crippen LogP contribution < -0.4 is 4.74 Å². The van der Waals surface area contributed by atoms with E-state index in [0.717, 1.165) is 0 Å². The molecule has 0 aliphatic heterocycles. The first-order valence-electron chi connectivity index (χ1n) is 8.26. The van der Waals surface area contributed by atoms with Crippen molar-refractivity contribution in [3.05, 3.63) is 23.3 Å². The third-order valence-corrected chi connectivity index (χ3v) is 4.72. The lowest BCUT2D eigenvalue weighted by Crippen LogP contribution is -2.44. The van der Waals surface area contributed by atoms with Crippen LogP contribution in [0.15, 0.2) is 17.1 Å². The highest BCUT2D eigenvalue weighted by atomic mass is 19.4. The van der Waals surface area contributed by atoms with Crippen molar-refractivity contribution in [3.8, 4) is 5.75 Å². The van der Waals surface area contributed by atoms with Crippen LogP contribution in [0.3, 0.4) is 0 Å². The Labute approximate surface area is 146 Å². The summed E-state index contributed by atoms with van der Waals surface area (Å²) >= 11 is 0. The molecule has 1 aromatic carbocycles. The summed E-state index contributed by atoms with van der Waals surface area (Å²) in [7, 11) is 3.16. The number of rotatable bonds is 6. The maximum atomic E-state index is 13.6. The molecule has 2 rings (SSSR count). The Morgan fingerprint density at radius 3 is 2.36 bits per heavy atom. The highest BCUT2D eigenvalue weighted by Gasteiger charge is 2.63. The topological polar surface area (TPSA) is 45.1 Å². The maximum absolute atomic E-state index is 13.6. The molecule has 1 fully saturated rings. The van der Waals surface area contributed by atoms with Crippen LogP contribution in [0, 0.1) is 12.8 Å². The van der Waals surface area contributed by atoms with Crippen LogP contribution in [0.2, 0.25) is 0 Å². The summed E-state index contributed by atoms with van der Waals surface area (Å²) < 4.78 is 46.1. The molecule has 0 saturated heterocycles. The van der Waals surface area contributed by atoms with E-state index in [1.54, 1.807) is 13.3 Å². The van der Waals surface area contributed by atoms with Gasteiger partial charge in [0.1, 0.15) is 5.75 Å². The highest BCUT2D eigenvalue weighted by molar-refractivity contribution is 5.65. The summed E-state index contributed by atoms with van der Waals surface area (Å²) in [5.41, 5.74) is -2.07. The Kier molecular flexibility index (Phi) is 5.37. The van der Waals surface area contributed by atoms with Crippen LogP contribution in [-0.2, 0) is 5.60 Å². The van der Waals surface area contributed by atoms with E-state index in [9.17, 15) is 18.3 Å². The van der Waals surface area contributed by atoms with Crippen LogP contribution >= 0.6 is 0 Å². The molecule has 0 bridgehead atoms. The lowest BCUT2D eigenvalue weighted by molar-refractivity contribution is -0.275. The number of ether oxygens (including phenoxy) is 1. The Morgan fingerprint density at radius 1 is 1.32 bits per heavy atom. The van der Waals surface area contributed by atoms with Gasteiger partial charge in [-0.15, -0.1) is 0 Å². The number of hydrogen-bond acceptors (Lipinski definition) is 3. The summed E-state index contributed by atoms with van der Waals surface area (Å²) in [6, 6.07) is 3.04. The number of methoxy groups -OCH3 is 1. The molecule has 1 unspecified atom stereocenters. The Bertz CT molecular complexity index is 654. The molecule has 140 valence electrons. The molecule has 1 atom stereocenters. The van der Waals surface area contributed by atoms with Crippen molar-refractivity contribution in [2.75, 3.05) is 14.2 Å². The molecule has 0 aromatic heterocycles. The molecule has 25 heavy (non-hydrogen) atoms. The van der Waals surface area contributed by atoms with E-state index in [2.05, 4.69) is 4.99 Å². The standard InChI is InChI=1S/C18H25F3N2O2/c1-11(2)23(4)10-22-15-9-16(25-5)14(8-12(15)3)17(24,13-6-7-13)18(19,20)21/h8-11,13,24H,6-7H2,1-5H3/b22-10+. The van der Waals surface area contributed by atoms with Crippen molar-refractivity contribution < 1.29 is 23.0 Å². The van der Waals surface area contributed by atoms with Crippen molar-refractivity contribution in [1.29, 1.82) is 0 Å². The smallest absolute Gasteiger partial charge is 0.421 e. The minimum atomic E-state index is -4.77. The second-order valence-corrected chi connectivity index (χ2v) is 6.88. The summed E-state index contributed by atoms with van der Waals surface area (Å²) in [6.07, 6.45) is -2.45. The van der Waals surface area contributed by atoms with Gasteiger partial charge in [0.2, 0.25) is 0 Å². The van der Waals surface area contributed by atoms with Gasteiger partial charge in [-0.1, -0.05) is 0 Å². The van der Waals surface area contributed by atoms with Crippen molar-refractivity contribution in [2.24, 2.45) is 10.9 Å². The average Bonchev–Trinajstić information content (AvgIpc) is 3.36. The second-order valence-electron chi connectivity index (χ2n) is 6.88. The van der Waals surface area contributed by atoms with Gasteiger partial charge in [-0.3, -0.25) is 0 Å². The monoisotopic (exact) mass is 358 g/mol. The fourth-order valence-corrected chi connectivity index (χ4v) is 2.67. The van der Waals surface area contributed by atoms with Crippen LogP contribution in [0.4, 0.5) is 18.9 Å². The molecule has 0 amide bonds. The zero-order valence-electron chi connectivity index (χ0n) is 15.2. The first-order chi connectivity index (χ1) is 11.5. The second kappa shape index (κ2) is 6.86. The van der Waals surface area contributed by atoms with Gasteiger partial charge in [0.05, 0.1) is 19.1 Å². The Morgan fingerprint density at radius 2 is 1.92 bits per heavy atom. The minimum Gasteiger partial charge on any atom is -0.496 e. The van der Waals surface area contributed by atoms with E-state index in [-0.39, 0.29) is 17.4 Å². The van der Waals surface area contributed by atoms with Crippen molar-refractivity contribution in [2.45, 2.75) is 51.4 Å². The number of aliphatic hydroxyl groups is 1. The van der Waals surface area contributed by atoms with Crippen LogP contribution in [0.5, 0.6) is 5.75 Å². The molecule has 1 aromatic rings. The molecule has 7 heteroatoms. The van der Waals surface area contributed by atoms with Gasteiger partial charge in [-0.2, -0.15) is 13.2 Å². The summed E-state index contributed by atoms with van der Waals surface area (Å²) in [5, 5.41) is 10.5. The number of aryl methyl sites for hydroxylation is 1. The summed E-state index contributed by atoms with van der Waals surface area (Å²) in [4.78, 5) is 6.22. The summed E-state index contributed by atoms with van der Waals surface area (Å²) in [5.74, 6) is -0.834. The van der Waals surface area contributed by atoms with Crippen LogP contribution in [0.25, 0.3) is 0 Å². The normalized spacial score (nSPS) is 17.8. The Hall–Kier alpha value is -1.76. The average molecular weight is 358 g/mol. The van der Waals surface area contributed by atoms with Gasteiger partial charge in [0.25, 0.3) is 0 Å². The van der Waals surface area contributed by atoms with E-state index in [1.165, 1.54) is 19.2 Å². The van der Waals surface area contributed by atoms with Crippen molar-refractivity contribution >= 4 is 12.0 Å². The van der Waals surface area contributed by atoms with E-state index in [4.69, 9.17) is 4.74 Å². The van der Waals surface area contributed by atoms with E-state index in [0.29, 0.717) is 24.1 Å². The molecule has 1 saturated carbocycles. The third kappa shape index (κ3) is 3.76. The first kappa shape index (κ1) is 19.6. The zero-order chi connectivity index (χ0) is 19.0. The van der Waals surface area contributed by atoms with E-state index < -0.39 is 17.7 Å². The molecule has 1 aliphatic carbocycles. The zero-order valence-corrected chi connectivity index (χ0v) is 15.2. The molecule has 1 N–H and O–H groups in total. The number of aliphatic imine (C=N–C) groups is 1. The fraction of sp³-hybridized carbons (Fsp3) is 0.611. The lowest BCUT2D eigenvalue weighted by atomic mass is 9.86. The predicted octanol–water partition coefficient (Wildman–Crippen LogP) is 4.16. The van der Waals surface area contributed by atoms with Gasteiger partial charge in [-0.05, 0) is 45.2 Å². The highest BCUT2D eigenvalue weighted by Crippen LogP contribution is 2.56. The third-order valence-electron chi connectivity index (χ3n) is 4.72. The number of alkyl halides is 3. The lowest BCUT2D eigenvalue weighted by Gasteiger charge is -2.32. The van der Waals surface area contributed by atoms with E-state index in [1.807, 2.05) is 25.8 Å². The number of nitrogens with zero attached hydrogens (tertiary/aromatic N) is 2. The van der Waals surface area contributed by atoms with E-state index >= 15 is 0 Å². The SMILES string of the molecule is COc1cc(/N=C/N(C)C(C)C)c(C)cc1C(O)(C1CC1)C(F)(F)F. The van der Waals surface area contributed by atoms with Gasteiger partial charge >= 0.3 is 6.18 Å². The molecular weight excluding hydrogens is 333 g/mol. The number of halogens is 3. The van der Waals surface area contributed by atoms with Gasteiger partial charge < -0.3 is 14.7 Å². The molecule has 0 heterocycles. The van der Waals surface area contributed by atoms with Gasteiger partial charge in [0, 0.05) is 30.6 Å². The van der Waals surface area contributed by atoms with Crippen LogP contribution in [-0.4, -0.2) is 42.7 Å². The van der Waals surface area contributed by atoms with Crippen LogP contribution in [0.1, 0.15) is 37.8 Å². The largest absolute Gasteiger partial charge is 0.496 e. The first-order valence-corrected chi connectivity index (χ1v) is 8.26. The molecule has 4 nitrogen and oxygen atoms in total. The quantitative estimate of drug-likeness (QED) is 0.613.